The van der Waals surface area contributed by atoms with Gasteiger partial charge in [-0.05, 0) is 27.1 Å². The molecule has 2 fully saturated rings. The molecule has 0 bridgehead atoms. The van der Waals surface area contributed by atoms with Gasteiger partial charge < -0.3 is 53.9 Å². The largest absolute Gasteiger partial charge is 0.507 e. The Balaban J connectivity index is 1.43. The summed E-state index contributed by atoms with van der Waals surface area (Å²) in [5.74, 6) is -3.23. The number of phenolic OH excluding ortho intramolecular Hbond substituents is 2. The number of ketones is 2. The Morgan fingerprint density at radius 1 is 1.04 bits per heavy atom. The Kier molecular flexibility index (Phi) is 10.5. The molecule has 7 atom stereocenters. The molecule has 0 aromatic heterocycles. The van der Waals surface area contributed by atoms with E-state index in [0.717, 1.165) is 0 Å². The monoisotopic (exact) mass is 713 g/mol. The third kappa shape index (κ3) is 6.61. The molecule has 2 aromatic rings. The number of aliphatic hydroxyl groups is 2. The molecule has 4 aliphatic rings. The van der Waals surface area contributed by atoms with Crippen molar-refractivity contribution in [3.63, 3.8) is 0 Å². The molecule has 2 heterocycles. The van der Waals surface area contributed by atoms with Crippen LogP contribution in [0.15, 0.2) is 18.2 Å². The first kappa shape index (κ1) is 37.1. The second kappa shape index (κ2) is 14.4. The second-order valence-corrected chi connectivity index (χ2v) is 14.0. The van der Waals surface area contributed by atoms with E-state index in [1.807, 2.05) is 23.9 Å². The third-order valence-electron chi connectivity index (χ3n) is 10.5. The minimum atomic E-state index is -2.14. The second-order valence-electron chi connectivity index (χ2n) is 14.0. The van der Waals surface area contributed by atoms with Gasteiger partial charge in [0.25, 0.3) is 5.91 Å². The highest BCUT2D eigenvalue weighted by Gasteiger charge is 2.51. The van der Waals surface area contributed by atoms with Gasteiger partial charge in [-0.15, -0.1) is 0 Å². The van der Waals surface area contributed by atoms with Crippen LogP contribution in [0, 0.1) is 0 Å². The number of benzene rings is 2. The quantitative estimate of drug-likeness (QED) is 0.228. The summed E-state index contributed by atoms with van der Waals surface area (Å²) < 4.78 is 29.0. The predicted molar refractivity (Wildman–Crippen MR) is 180 cm³/mol. The molecule has 2 aliphatic heterocycles. The van der Waals surface area contributed by atoms with E-state index in [4.69, 9.17) is 23.7 Å². The van der Waals surface area contributed by atoms with Crippen molar-refractivity contribution in [3.05, 3.63) is 51.6 Å². The van der Waals surface area contributed by atoms with Crippen LogP contribution in [0.25, 0.3) is 0 Å². The van der Waals surface area contributed by atoms with Crippen LogP contribution in [-0.4, -0.2) is 157 Å². The topological polar surface area (TPSA) is 188 Å². The fourth-order valence-corrected chi connectivity index (χ4v) is 7.75. The van der Waals surface area contributed by atoms with Crippen LogP contribution >= 0.6 is 0 Å². The summed E-state index contributed by atoms with van der Waals surface area (Å²) in [5, 5.41) is 47.1. The fourth-order valence-electron chi connectivity index (χ4n) is 7.75. The molecule has 2 aromatic carbocycles. The summed E-state index contributed by atoms with van der Waals surface area (Å²) in [5.41, 5.74) is -3.21. The number of ether oxygens (including phenoxy) is 5. The van der Waals surface area contributed by atoms with E-state index in [0.29, 0.717) is 26.2 Å². The lowest BCUT2D eigenvalue weighted by Gasteiger charge is -2.47. The molecule has 6 rings (SSSR count). The lowest BCUT2D eigenvalue weighted by molar-refractivity contribution is -0.267. The highest BCUT2D eigenvalue weighted by molar-refractivity contribution is 6.31. The molecule has 0 spiro atoms. The lowest BCUT2D eigenvalue weighted by atomic mass is 9.72. The Morgan fingerprint density at radius 2 is 1.76 bits per heavy atom. The molecule has 278 valence electrons. The minimum Gasteiger partial charge on any atom is -0.507 e. The van der Waals surface area contributed by atoms with Gasteiger partial charge in [-0.3, -0.25) is 19.3 Å². The van der Waals surface area contributed by atoms with Crippen molar-refractivity contribution in [2.75, 3.05) is 68.1 Å². The summed E-state index contributed by atoms with van der Waals surface area (Å²) in [4.78, 5) is 47.2. The summed E-state index contributed by atoms with van der Waals surface area (Å²) in [6.45, 7) is 3.78. The molecule has 4 N–H and O–H groups in total. The molecule has 1 amide bonds. The molecular weight excluding hydrogens is 666 g/mol. The standard InChI is InChI=1S/C36H47N3O12/c1-18-30(40)21(39-12-13-49-25(17-39)48-6)14-24(50-18)51-23-16-36(46,35(45)38(4)11-10-37(2)3)15-20-27(23)34(44)29-28(32(20)42)31(41)19-8-7-9-22(47-5)26(19)33(29)43/h7-9,18,21,23-25,30,40,42,44,46H,10-17H2,1-6H3/t18?,21?,23-,24?,25?,30?,36-/m0/s1. The number of nitrogens with zero attached hydrogens (tertiary/aromatic N) is 3. The Hall–Kier alpha value is -3.67. The third-order valence-corrected chi connectivity index (χ3v) is 10.5. The highest BCUT2D eigenvalue weighted by Crippen LogP contribution is 2.52. The van der Waals surface area contributed by atoms with Crippen LogP contribution in [0.4, 0.5) is 0 Å². The van der Waals surface area contributed by atoms with Gasteiger partial charge in [0.05, 0.1) is 48.7 Å². The van der Waals surface area contributed by atoms with E-state index in [-0.39, 0.29) is 47.4 Å². The van der Waals surface area contributed by atoms with Crippen molar-refractivity contribution >= 4 is 17.5 Å². The maximum Gasteiger partial charge on any atom is 0.254 e. The molecule has 2 aliphatic carbocycles. The molecule has 51 heavy (non-hydrogen) atoms. The predicted octanol–water partition coefficient (Wildman–Crippen LogP) is 0.806. The van der Waals surface area contributed by atoms with Crippen LogP contribution < -0.4 is 4.74 Å². The molecule has 2 saturated heterocycles. The molecule has 15 nitrogen and oxygen atoms in total. The van der Waals surface area contributed by atoms with Crippen molar-refractivity contribution in [2.45, 2.75) is 68.7 Å². The maximum absolute atomic E-state index is 14.1. The minimum absolute atomic E-state index is 0.0205. The van der Waals surface area contributed by atoms with Crippen molar-refractivity contribution in [2.24, 2.45) is 0 Å². The Labute approximate surface area is 296 Å². The Morgan fingerprint density at radius 3 is 2.45 bits per heavy atom. The first-order valence-corrected chi connectivity index (χ1v) is 17.1. The smallest absolute Gasteiger partial charge is 0.254 e. The molecule has 5 unspecified atom stereocenters. The van der Waals surface area contributed by atoms with Gasteiger partial charge in [0.2, 0.25) is 5.78 Å². The number of aliphatic hydroxyl groups excluding tert-OH is 1. The van der Waals surface area contributed by atoms with E-state index in [9.17, 15) is 34.8 Å². The summed E-state index contributed by atoms with van der Waals surface area (Å²) in [6, 6.07) is 4.04. The van der Waals surface area contributed by atoms with Crippen molar-refractivity contribution in [3.8, 4) is 17.2 Å². The van der Waals surface area contributed by atoms with Gasteiger partial charge >= 0.3 is 0 Å². The van der Waals surface area contributed by atoms with Crippen LogP contribution in [0.3, 0.4) is 0 Å². The average molecular weight is 714 g/mol. The van der Waals surface area contributed by atoms with Gasteiger partial charge in [0.15, 0.2) is 18.4 Å². The van der Waals surface area contributed by atoms with Crippen molar-refractivity contribution < 1.29 is 58.5 Å². The van der Waals surface area contributed by atoms with E-state index >= 15 is 0 Å². The first-order chi connectivity index (χ1) is 24.2. The number of phenols is 2. The summed E-state index contributed by atoms with van der Waals surface area (Å²) in [7, 11) is 8.15. The van der Waals surface area contributed by atoms with Crippen LogP contribution in [0.1, 0.15) is 68.8 Å². The SMILES string of the molecule is COc1cccc2c1C(=O)c1c(O)c3c(c(O)c1C2=O)C[C@@](O)(C(=O)N(C)CCN(C)C)C[C@@H]3OC1CC(N2CCOC(OC)C2)C(O)C(C)O1. The zero-order chi connectivity index (χ0) is 36.9. The lowest BCUT2D eigenvalue weighted by Crippen LogP contribution is -2.59. The zero-order valence-corrected chi connectivity index (χ0v) is 29.7. The number of aromatic hydroxyl groups is 2. The van der Waals surface area contributed by atoms with E-state index in [1.165, 1.54) is 37.3 Å². The first-order valence-electron chi connectivity index (χ1n) is 17.1. The van der Waals surface area contributed by atoms with Gasteiger partial charge in [-0.1, -0.05) is 12.1 Å². The van der Waals surface area contributed by atoms with E-state index in [2.05, 4.69) is 0 Å². The van der Waals surface area contributed by atoms with Gasteiger partial charge in [-0.2, -0.15) is 0 Å². The number of likely N-dealkylation sites (N-methyl/N-ethyl adjacent to an activating group) is 2. The molecular formula is C36H47N3O12. The van der Waals surface area contributed by atoms with E-state index in [1.54, 1.807) is 14.0 Å². The number of fused-ring (bicyclic) bond motifs is 3. The average Bonchev–Trinajstić information content (AvgIpc) is 3.11. The number of amides is 1. The summed E-state index contributed by atoms with van der Waals surface area (Å²) >= 11 is 0. The van der Waals surface area contributed by atoms with Gasteiger partial charge in [-0.25, -0.2) is 0 Å². The number of rotatable bonds is 9. The van der Waals surface area contributed by atoms with Gasteiger partial charge in [0, 0.05) is 82.3 Å². The Bertz CT molecular complexity index is 1700. The normalized spacial score (nSPS) is 29.4. The number of hydrogen-bond acceptors (Lipinski definition) is 14. The number of hydrogen-bond donors (Lipinski definition) is 4. The highest BCUT2D eigenvalue weighted by atomic mass is 16.7. The summed E-state index contributed by atoms with van der Waals surface area (Å²) in [6.07, 6.45) is -5.09. The van der Waals surface area contributed by atoms with Crippen LogP contribution in [0.2, 0.25) is 0 Å². The van der Waals surface area contributed by atoms with Gasteiger partial charge in [0.1, 0.15) is 22.8 Å². The van der Waals surface area contributed by atoms with Crippen LogP contribution in [0.5, 0.6) is 17.2 Å². The fraction of sp³-hybridized carbons (Fsp3) is 0.583. The zero-order valence-electron chi connectivity index (χ0n) is 29.7. The van der Waals surface area contributed by atoms with Crippen molar-refractivity contribution in [1.82, 2.24) is 14.7 Å². The van der Waals surface area contributed by atoms with Crippen molar-refractivity contribution in [1.29, 1.82) is 0 Å². The van der Waals surface area contributed by atoms with Crippen LogP contribution in [-0.2, 0) is 30.2 Å². The molecule has 0 radical (unpaired) electrons. The number of morpholine rings is 1. The number of carbonyl (C=O) groups excluding carboxylic acids is 3. The maximum atomic E-state index is 14.1. The molecule has 15 heteroatoms. The number of methoxy groups -OCH3 is 2. The number of carbonyl (C=O) groups is 3. The molecule has 0 saturated carbocycles. The van der Waals surface area contributed by atoms with E-state index < -0.39 is 89.1 Å².